The molecule has 2 unspecified atom stereocenters. The molecule has 1 heterocycles. The number of rotatable bonds is 3. The Labute approximate surface area is 130 Å². The van der Waals surface area contributed by atoms with Gasteiger partial charge in [-0.1, -0.05) is 31.0 Å². The van der Waals surface area contributed by atoms with Crippen molar-refractivity contribution in [1.29, 1.82) is 0 Å². The summed E-state index contributed by atoms with van der Waals surface area (Å²) in [5.74, 6) is 0.0800. The van der Waals surface area contributed by atoms with Gasteiger partial charge in [-0.05, 0) is 31.9 Å². The molecule has 2 atom stereocenters. The molecule has 0 saturated heterocycles. The van der Waals surface area contributed by atoms with Gasteiger partial charge in [0.1, 0.15) is 0 Å². The second-order valence-corrected chi connectivity index (χ2v) is 6.14. The van der Waals surface area contributed by atoms with Crippen LogP contribution in [0.15, 0.2) is 30.3 Å². The summed E-state index contributed by atoms with van der Waals surface area (Å²) < 4.78 is 0. The maximum Gasteiger partial charge on any atom is 0.253 e. The molecule has 0 bridgehead atoms. The fourth-order valence-electron chi connectivity index (χ4n) is 3.29. The Morgan fingerprint density at radius 1 is 1.27 bits per heavy atom. The maximum atomic E-state index is 12.7. The van der Waals surface area contributed by atoms with E-state index in [0.717, 1.165) is 42.3 Å². The Balaban J connectivity index is 1.87. The summed E-state index contributed by atoms with van der Waals surface area (Å²) in [6, 6.07) is 9.68. The molecular weight excluding hydrogens is 276 g/mol. The summed E-state index contributed by atoms with van der Waals surface area (Å²) in [4.78, 5) is 17.2. The highest BCUT2D eigenvalue weighted by molar-refractivity contribution is 6.05. The first-order chi connectivity index (χ1) is 10.7. The first kappa shape index (κ1) is 15.0. The molecule has 1 fully saturated rings. The number of benzene rings is 1. The van der Waals surface area contributed by atoms with Crippen LogP contribution >= 0.6 is 0 Å². The lowest BCUT2D eigenvalue weighted by atomic mass is 9.85. The topological polar surface area (TPSA) is 62.2 Å². The van der Waals surface area contributed by atoms with E-state index in [9.17, 15) is 9.90 Å². The molecule has 1 aliphatic carbocycles. The van der Waals surface area contributed by atoms with Gasteiger partial charge in [-0.3, -0.25) is 9.78 Å². The van der Waals surface area contributed by atoms with E-state index in [2.05, 4.69) is 10.3 Å². The van der Waals surface area contributed by atoms with Gasteiger partial charge < -0.3 is 10.4 Å². The van der Waals surface area contributed by atoms with Gasteiger partial charge in [0.25, 0.3) is 5.91 Å². The van der Waals surface area contributed by atoms with Crippen molar-refractivity contribution in [3.05, 3.63) is 41.6 Å². The third-order valence-corrected chi connectivity index (χ3v) is 4.56. The molecule has 1 aromatic heterocycles. The summed E-state index contributed by atoms with van der Waals surface area (Å²) in [7, 11) is 0. The van der Waals surface area contributed by atoms with Crippen LogP contribution in [0.2, 0.25) is 0 Å². The van der Waals surface area contributed by atoms with Crippen molar-refractivity contribution in [3.63, 3.8) is 0 Å². The molecule has 0 radical (unpaired) electrons. The molecule has 22 heavy (non-hydrogen) atoms. The van der Waals surface area contributed by atoms with E-state index in [0.29, 0.717) is 5.56 Å². The van der Waals surface area contributed by atoms with Gasteiger partial charge in [0, 0.05) is 29.6 Å². The van der Waals surface area contributed by atoms with E-state index < -0.39 is 0 Å². The number of hydrogen-bond donors (Lipinski definition) is 2. The average molecular weight is 298 g/mol. The van der Waals surface area contributed by atoms with Gasteiger partial charge in [0.15, 0.2) is 0 Å². The van der Waals surface area contributed by atoms with Gasteiger partial charge in [0.2, 0.25) is 0 Å². The van der Waals surface area contributed by atoms with Crippen molar-refractivity contribution in [1.82, 2.24) is 10.3 Å². The molecule has 2 N–H and O–H groups in total. The normalized spacial score (nSPS) is 21.7. The predicted molar refractivity (Wildman–Crippen MR) is 86.8 cm³/mol. The van der Waals surface area contributed by atoms with E-state index >= 15 is 0 Å². The lowest BCUT2D eigenvalue weighted by molar-refractivity contribution is 0.0874. The number of aliphatic hydroxyl groups is 1. The Morgan fingerprint density at radius 3 is 2.91 bits per heavy atom. The number of aromatic nitrogens is 1. The zero-order valence-corrected chi connectivity index (χ0v) is 12.9. The number of aryl methyl sites for hydroxylation is 1. The number of carbonyl (C=O) groups is 1. The highest BCUT2D eigenvalue weighted by Gasteiger charge is 2.26. The molecule has 1 amide bonds. The first-order valence-electron chi connectivity index (χ1n) is 7.97. The number of amides is 1. The number of nitrogens with one attached hydrogen (secondary N) is 1. The second kappa shape index (κ2) is 6.44. The number of pyridine rings is 1. The predicted octanol–water partition coefficient (Wildman–Crippen LogP) is 2.82. The number of nitrogens with zero attached hydrogens (tertiary/aromatic N) is 1. The molecule has 3 rings (SSSR count). The Kier molecular flexibility index (Phi) is 4.39. The van der Waals surface area contributed by atoms with Crippen molar-refractivity contribution in [2.24, 2.45) is 5.92 Å². The van der Waals surface area contributed by atoms with E-state index in [1.54, 1.807) is 0 Å². The van der Waals surface area contributed by atoms with Crippen LogP contribution in [0.25, 0.3) is 10.9 Å². The van der Waals surface area contributed by atoms with Crippen LogP contribution in [-0.2, 0) is 0 Å². The average Bonchev–Trinajstić information content (AvgIpc) is 2.54. The fourth-order valence-corrected chi connectivity index (χ4v) is 3.29. The van der Waals surface area contributed by atoms with E-state index in [-0.39, 0.29) is 24.5 Å². The van der Waals surface area contributed by atoms with Crippen molar-refractivity contribution in [3.8, 4) is 0 Å². The highest BCUT2D eigenvalue weighted by Crippen LogP contribution is 2.25. The minimum atomic E-state index is -0.0888. The number of para-hydroxylation sites is 1. The standard InChI is InChI=1S/C18H22N2O2/c1-12-9-10-13-6-4-7-15(17(13)19-12)18(22)20-16-8-3-2-5-14(16)11-21/h4,6-7,9-10,14,16,21H,2-3,5,8,11H2,1H3,(H,20,22). The van der Waals surface area contributed by atoms with Gasteiger partial charge in [-0.15, -0.1) is 0 Å². The summed E-state index contributed by atoms with van der Waals surface area (Å²) in [5, 5.41) is 13.6. The third-order valence-electron chi connectivity index (χ3n) is 4.56. The van der Waals surface area contributed by atoms with Crippen LogP contribution in [0.1, 0.15) is 41.7 Å². The van der Waals surface area contributed by atoms with Crippen molar-refractivity contribution < 1.29 is 9.90 Å². The molecular formula is C18H22N2O2. The Morgan fingerprint density at radius 2 is 2.09 bits per heavy atom. The number of aliphatic hydroxyl groups excluding tert-OH is 1. The lowest BCUT2D eigenvalue weighted by Crippen LogP contribution is -2.43. The molecule has 1 aromatic carbocycles. The van der Waals surface area contributed by atoms with Crippen LogP contribution in [0.5, 0.6) is 0 Å². The molecule has 4 heteroatoms. The minimum absolute atomic E-state index is 0.0614. The highest BCUT2D eigenvalue weighted by atomic mass is 16.3. The van der Waals surface area contributed by atoms with E-state index in [1.807, 2.05) is 37.3 Å². The third kappa shape index (κ3) is 2.97. The molecule has 4 nitrogen and oxygen atoms in total. The number of carbonyl (C=O) groups excluding carboxylic acids is 1. The summed E-state index contributed by atoms with van der Waals surface area (Å²) in [5.41, 5.74) is 2.26. The maximum absolute atomic E-state index is 12.7. The zero-order chi connectivity index (χ0) is 15.5. The summed E-state index contributed by atoms with van der Waals surface area (Å²) >= 11 is 0. The molecule has 0 aliphatic heterocycles. The largest absolute Gasteiger partial charge is 0.396 e. The van der Waals surface area contributed by atoms with Crippen LogP contribution in [0.4, 0.5) is 0 Å². The van der Waals surface area contributed by atoms with Crippen LogP contribution in [-0.4, -0.2) is 28.6 Å². The summed E-state index contributed by atoms with van der Waals surface area (Å²) in [6.07, 6.45) is 4.16. The first-order valence-corrected chi connectivity index (χ1v) is 7.97. The van der Waals surface area contributed by atoms with E-state index in [4.69, 9.17) is 0 Å². The minimum Gasteiger partial charge on any atom is -0.396 e. The Hall–Kier alpha value is -1.94. The fraction of sp³-hybridized carbons (Fsp3) is 0.444. The van der Waals surface area contributed by atoms with Crippen molar-refractivity contribution >= 4 is 16.8 Å². The lowest BCUT2D eigenvalue weighted by Gasteiger charge is -2.30. The van der Waals surface area contributed by atoms with Gasteiger partial charge >= 0.3 is 0 Å². The zero-order valence-electron chi connectivity index (χ0n) is 12.9. The molecule has 0 spiro atoms. The smallest absolute Gasteiger partial charge is 0.253 e. The van der Waals surface area contributed by atoms with Crippen LogP contribution in [0.3, 0.4) is 0 Å². The quantitative estimate of drug-likeness (QED) is 0.916. The van der Waals surface area contributed by atoms with Gasteiger partial charge in [0.05, 0.1) is 11.1 Å². The number of hydrogen-bond acceptors (Lipinski definition) is 3. The second-order valence-electron chi connectivity index (χ2n) is 6.14. The SMILES string of the molecule is Cc1ccc2cccc(C(=O)NC3CCCCC3CO)c2n1. The van der Waals surface area contributed by atoms with Gasteiger partial charge in [-0.2, -0.15) is 0 Å². The molecule has 1 aliphatic rings. The van der Waals surface area contributed by atoms with Crippen LogP contribution in [0, 0.1) is 12.8 Å². The van der Waals surface area contributed by atoms with Crippen LogP contribution < -0.4 is 5.32 Å². The Bertz CT molecular complexity index is 684. The summed E-state index contributed by atoms with van der Waals surface area (Å²) in [6.45, 7) is 2.06. The van der Waals surface area contributed by atoms with E-state index in [1.165, 1.54) is 0 Å². The molecule has 1 saturated carbocycles. The monoisotopic (exact) mass is 298 g/mol. The molecule has 2 aromatic rings. The van der Waals surface area contributed by atoms with Crippen molar-refractivity contribution in [2.45, 2.75) is 38.6 Å². The molecule has 116 valence electrons. The van der Waals surface area contributed by atoms with Gasteiger partial charge in [-0.25, -0.2) is 0 Å². The van der Waals surface area contributed by atoms with Crippen molar-refractivity contribution in [2.75, 3.05) is 6.61 Å². The number of fused-ring (bicyclic) bond motifs is 1.